The summed E-state index contributed by atoms with van der Waals surface area (Å²) in [5.41, 5.74) is 0. The summed E-state index contributed by atoms with van der Waals surface area (Å²) in [5, 5.41) is 3.26. The molecule has 0 amide bonds. The van der Waals surface area contributed by atoms with Gasteiger partial charge in [0.15, 0.2) is 0 Å². The van der Waals surface area contributed by atoms with Crippen LogP contribution in [0.25, 0.3) is 0 Å². The summed E-state index contributed by atoms with van der Waals surface area (Å²) in [6, 6.07) is 0.847. The fourth-order valence-electron chi connectivity index (χ4n) is 2.12. The summed E-state index contributed by atoms with van der Waals surface area (Å²) in [5.74, 6) is 0. The van der Waals surface area contributed by atoms with E-state index in [4.69, 9.17) is 0 Å². The van der Waals surface area contributed by atoms with Crippen LogP contribution in [0.4, 0.5) is 0 Å². The smallest absolute Gasteiger partial charge is 0.0107 e. The molecule has 2 fully saturated rings. The maximum Gasteiger partial charge on any atom is 0.0107 e. The number of rotatable bonds is 1. The van der Waals surface area contributed by atoms with Crippen molar-refractivity contribution in [2.75, 3.05) is 47.3 Å². The second kappa shape index (κ2) is 15.9. The van der Waals surface area contributed by atoms with Crippen molar-refractivity contribution in [1.82, 2.24) is 15.1 Å². The van der Waals surface area contributed by atoms with Gasteiger partial charge < -0.3 is 15.1 Å². The van der Waals surface area contributed by atoms with E-state index in [2.05, 4.69) is 36.3 Å². The molecule has 0 aromatic carbocycles. The molecule has 0 aromatic rings. The molecule has 19 heavy (non-hydrogen) atoms. The predicted molar refractivity (Wildman–Crippen MR) is 89.0 cm³/mol. The zero-order valence-electron chi connectivity index (χ0n) is 14.6. The largest absolute Gasteiger partial charge is 0.317 e. The second-order valence-corrected chi connectivity index (χ2v) is 4.88. The number of hydrogen-bond donors (Lipinski definition) is 1. The summed E-state index contributed by atoms with van der Waals surface area (Å²) in [7, 11) is 6.40. The number of nitrogens with one attached hydrogen (secondary N) is 1. The topological polar surface area (TPSA) is 18.5 Å². The van der Waals surface area contributed by atoms with E-state index in [1.54, 1.807) is 0 Å². The molecule has 1 aliphatic carbocycles. The lowest BCUT2D eigenvalue weighted by molar-refractivity contribution is 0.181. The van der Waals surface area contributed by atoms with Crippen molar-refractivity contribution in [2.45, 2.75) is 59.4 Å². The van der Waals surface area contributed by atoms with Gasteiger partial charge in [-0.3, -0.25) is 0 Å². The molecule has 1 heterocycles. The third-order valence-corrected chi connectivity index (χ3v) is 3.49. The zero-order valence-corrected chi connectivity index (χ0v) is 14.6. The van der Waals surface area contributed by atoms with Crippen LogP contribution in [0.3, 0.4) is 0 Å². The molecule has 0 aromatic heterocycles. The summed E-state index contributed by atoms with van der Waals surface area (Å²) in [6.07, 6.45) is 5.67. The van der Waals surface area contributed by atoms with Crippen LogP contribution in [0.2, 0.25) is 0 Å². The third-order valence-electron chi connectivity index (χ3n) is 3.49. The number of hydrogen-bond acceptors (Lipinski definition) is 3. The second-order valence-electron chi connectivity index (χ2n) is 4.88. The Labute approximate surface area is 122 Å². The normalized spacial score (nSPS) is 20.4. The summed E-state index contributed by atoms with van der Waals surface area (Å²) in [6.45, 7) is 12.9. The van der Waals surface area contributed by atoms with Gasteiger partial charge in [0.1, 0.15) is 0 Å². The van der Waals surface area contributed by atoms with Crippen LogP contribution in [-0.4, -0.2) is 63.2 Å². The lowest BCUT2D eigenvalue weighted by Crippen LogP contribution is -2.42. The Hall–Kier alpha value is -0.120. The molecule has 0 spiro atoms. The van der Waals surface area contributed by atoms with Crippen LogP contribution in [0.1, 0.15) is 53.4 Å². The Morgan fingerprint density at radius 2 is 1.05 bits per heavy atom. The first-order valence-corrected chi connectivity index (χ1v) is 8.26. The van der Waals surface area contributed by atoms with Crippen molar-refractivity contribution in [3.05, 3.63) is 0 Å². The van der Waals surface area contributed by atoms with E-state index in [0.717, 1.165) is 6.04 Å². The van der Waals surface area contributed by atoms with E-state index in [0.29, 0.717) is 0 Å². The Kier molecular flexibility index (Phi) is 17.8. The first-order chi connectivity index (χ1) is 9.22. The van der Waals surface area contributed by atoms with Crippen molar-refractivity contribution in [1.29, 1.82) is 0 Å². The van der Waals surface area contributed by atoms with Gasteiger partial charge in [0, 0.05) is 32.2 Å². The molecule has 1 saturated carbocycles. The summed E-state index contributed by atoms with van der Waals surface area (Å²) in [4.78, 5) is 4.72. The van der Waals surface area contributed by atoms with Crippen molar-refractivity contribution in [2.24, 2.45) is 0 Å². The Morgan fingerprint density at radius 1 is 0.737 bits per heavy atom. The van der Waals surface area contributed by atoms with Crippen LogP contribution in [0, 0.1) is 0 Å². The minimum atomic E-state index is 0.847. The first-order valence-electron chi connectivity index (χ1n) is 8.26. The lowest BCUT2D eigenvalue weighted by Gasteiger charge is -2.28. The van der Waals surface area contributed by atoms with Gasteiger partial charge in [-0.15, -0.1) is 0 Å². The molecule has 0 bridgehead atoms. The molecule has 0 unspecified atom stereocenters. The maximum atomic E-state index is 3.26. The first kappa shape index (κ1) is 21.2. The maximum absolute atomic E-state index is 3.26. The number of likely N-dealkylation sites (N-methyl/N-ethyl adjacent to an activating group) is 2. The van der Waals surface area contributed by atoms with Crippen molar-refractivity contribution in [3.8, 4) is 0 Å². The molecule has 2 aliphatic rings. The van der Waals surface area contributed by atoms with E-state index in [1.807, 2.05) is 27.7 Å². The Morgan fingerprint density at radius 3 is 1.26 bits per heavy atom. The Bertz CT molecular complexity index is 138. The van der Waals surface area contributed by atoms with Gasteiger partial charge in [0.05, 0.1) is 0 Å². The van der Waals surface area contributed by atoms with Gasteiger partial charge in [-0.25, -0.2) is 0 Å². The monoisotopic (exact) mass is 273 g/mol. The molecule has 0 radical (unpaired) electrons. The van der Waals surface area contributed by atoms with Gasteiger partial charge in [-0.2, -0.15) is 0 Å². The van der Waals surface area contributed by atoms with Crippen molar-refractivity contribution in [3.63, 3.8) is 0 Å². The number of piperazine rings is 1. The molecule has 1 N–H and O–H groups in total. The van der Waals surface area contributed by atoms with Crippen LogP contribution >= 0.6 is 0 Å². The van der Waals surface area contributed by atoms with Gasteiger partial charge in [0.2, 0.25) is 0 Å². The quantitative estimate of drug-likeness (QED) is 0.792. The Balaban J connectivity index is 0. The molecule has 1 saturated heterocycles. The highest BCUT2D eigenvalue weighted by Gasteiger charge is 2.10. The third kappa shape index (κ3) is 12.6. The molecule has 1 aliphatic heterocycles. The van der Waals surface area contributed by atoms with E-state index in [-0.39, 0.29) is 0 Å². The zero-order chi connectivity index (χ0) is 15.1. The summed E-state index contributed by atoms with van der Waals surface area (Å²) >= 11 is 0. The molecular formula is C16H39N3. The highest BCUT2D eigenvalue weighted by atomic mass is 15.2. The van der Waals surface area contributed by atoms with Gasteiger partial charge in [-0.05, 0) is 34.0 Å². The van der Waals surface area contributed by atoms with E-state index in [1.165, 1.54) is 51.9 Å². The summed E-state index contributed by atoms with van der Waals surface area (Å²) < 4.78 is 0. The highest BCUT2D eigenvalue weighted by molar-refractivity contribution is 4.70. The van der Waals surface area contributed by atoms with Gasteiger partial charge >= 0.3 is 0 Å². The van der Waals surface area contributed by atoms with Crippen LogP contribution < -0.4 is 5.32 Å². The molecular weight excluding hydrogens is 234 g/mol. The van der Waals surface area contributed by atoms with Gasteiger partial charge in [-0.1, -0.05) is 40.5 Å². The fraction of sp³-hybridized carbons (Fsp3) is 1.00. The molecule has 3 heteroatoms. The van der Waals surface area contributed by atoms with E-state index < -0.39 is 0 Å². The fourth-order valence-corrected chi connectivity index (χ4v) is 2.12. The average molecular weight is 274 g/mol. The van der Waals surface area contributed by atoms with Crippen molar-refractivity contribution < 1.29 is 0 Å². The molecule has 2 rings (SSSR count). The number of nitrogens with zero attached hydrogens (tertiary/aromatic N) is 2. The molecule has 118 valence electrons. The van der Waals surface area contributed by atoms with Crippen LogP contribution in [0.5, 0.6) is 0 Å². The van der Waals surface area contributed by atoms with Crippen LogP contribution in [0.15, 0.2) is 0 Å². The van der Waals surface area contributed by atoms with Gasteiger partial charge in [0.25, 0.3) is 0 Å². The molecule has 0 atom stereocenters. The highest BCUT2D eigenvalue weighted by Crippen LogP contribution is 2.16. The van der Waals surface area contributed by atoms with Crippen LogP contribution in [-0.2, 0) is 0 Å². The van der Waals surface area contributed by atoms with E-state index in [9.17, 15) is 0 Å². The SMILES string of the molecule is CC.CC.CN1CCN(C)CC1.CNC1CCCC1. The van der Waals surface area contributed by atoms with E-state index >= 15 is 0 Å². The van der Waals surface area contributed by atoms with Crippen molar-refractivity contribution >= 4 is 0 Å². The lowest BCUT2D eigenvalue weighted by atomic mass is 10.3. The molecule has 3 nitrogen and oxygen atoms in total. The predicted octanol–water partition coefficient (Wildman–Crippen LogP) is 3.06. The minimum Gasteiger partial charge on any atom is -0.317 e. The minimum absolute atomic E-state index is 0.847. The standard InChI is InChI=1S/C6H14N2.C6H13N.2C2H6/c1-7-3-5-8(2)6-4-7;1-7-6-4-2-3-5-6;2*1-2/h3-6H2,1-2H3;6-7H,2-5H2,1H3;2*1-2H3. The average Bonchev–Trinajstić information content (AvgIpc) is 3.00.